The number of ether oxygens (including phenoxy) is 1. The largest absolute Gasteiger partial charge is 0.385 e. The molecule has 2 atom stereocenters. The van der Waals surface area contributed by atoms with Gasteiger partial charge in [-0.2, -0.15) is 0 Å². The van der Waals surface area contributed by atoms with Crippen LogP contribution in [0.4, 0.5) is 4.39 Å². The van der Waals surface area contributed by atoms with E-state index >= 15 is 0 Å². The monoisotopic (exact) mass is 351 g/mol. The fourth-order valence-electron chi connectivity index (χ4n) is 2.28. The Balaban J connectivity index is 2.21. The molecular formula is C13H16BrClFNO2. The number of morpholine rings is 1. The lowest BCUT2D eigenvalue weighted by atomic mass is 9.88. The summed E-state index contributed by atoms with van der Waals surface area (Å²) in [7, 11) is 0. The van der Waals surface area contributed by atoms with Crippen LogP contribution in [0.3, 0.4) is 0 Å². The van der Waals surface area contributed by atoms with Crippen LogP contribution in [0.2, 0.25) is 5.02 Å². The van der Waals surface area contributed by atoms with Crippen LogP contribution < -0.4 is 5.32 Å². The van der Waals surface area contributed by atoms with Gasteiger partial charge in [0.2, 0.25) is 0 Å². The first kappa shape index (κ1) is 15.2. The number of hydrogen-bond acceptors (Lipinski definition) is 3. The van der Waals surface area contributed by atoms with Gasteiger partial charge in [0.05, 0.1) is 23.8 Å². The number of nitrogens with one attached hydrogen (secondary N) is 1. The summed E-state index contributed by atoms with van der Waals surface area (Å²) in [5.41, 5.74) is -1.10. The number of benzene rings is 1. The predicted molar refractivity (Wildman–Crippen MR) is 75.9 cm³/mol. The SMILES string of the molecule is CC(O)(CC1COCCN1)c1ccc(Br)c(Cl)c1F. The molecule has 1 saturated heterocycles. The lowest BCUT2D eigenvalue weighted by Gasteiger charge is -2.32. The van der Waals surface area contributed by atoms with Gasteiger partial charge in [-0.05, 0) is 35.3 Å². The quantitative estimate of drug-likeness (QED) is 0.822. The molecule has 0 aromatic heterocycles. The zero-order valence-corrected chi connectivity index (χ0v) is 12.9. The Bertz CT molecular complexity index is 464. The maximum absolute atomic E-state index is 14.1. The van der Waals surface area contributed by atoms with Crippen molar-refractivity contribution in [3.05, 3.63) is 33.0 Å². The van der Waals surface area contributed by atoms with E-state index in [1.54, 1.807) is 19.1 Å². The normalized spacial score (nSPS) is 23.1. The fourth-order valence-corrected chi connectivity index (χ4v) is 2.75. The Morgan fingerprint density at radius 2 is 2.37 bits per heavy atom. The molecule has 3 nitrogen and oxygen atoms in total. The highest BCUT2D eigenvalue weighted by atomic mass is 79.9. The van der Waals surface area contributed by atoms with Gasteiger partial charge in [0.15, 0.2) is 0 Å². The van der Waals surface area contributed by atoms with Gasteiger partial charge in [0, 0.05) is 22.6 Å². The Morgan fingerprint density at radius 1 is 1.63 bits per heavy atom. The van der Waals surface area contributed by atoms with E-state index < -0.39 is 11.4 Å². The van der Waals surface area contributed by atoms with E-state index in [0.29, 0.717) is 24.1 Å². The zero-order chi connectivity index (χ0) is 14.0. The van der Waals surface area contributed by atoms with Crippen LogP contribution in [0.25, 0.3) is 0 Å². The van der Waals surface area contributed by atoms with Gasteiger partial charge in [-0.3, -0.25) is 0 Å². The van der Waals surface area contributed by atoms with Crippen LogP contribution in [0, 0.1) is 5.82 Å². The molecule has 6 heteroatoms. The van der Waals surface area contributed by atoms with Crippen molar-refractivity contribution < 1.29 is 14.2 Å². The van der Waals surface area contributed by atoms with Crippen LogP contribution >= 0.6 is 27.5 Å². The van der Waals surface area contributed by atoms with Gasteiger partial charge in [0.1, 0.15) is 5.82 Å². The summed E-state index contributed by atoms with van der Waals surface area (Å²) >= 11 is 9.02. The summed E-state index contributed by atoms with van der Waals surface area (Å²) < 4.78 is 20.0. The van der Waals surface area contributed by atoms with Crippen molar-refractivity contribution in [2.75, 3.05) is 19.8 Å². The molecule has 1 aliphatic heterocycles. The highest BCUT2D eigenvalue weighted by molar-refractivity contribution is 9.10. The molecule has 1 heterocycles. The summed E-state index contributed by atoms with van der Waals surface area (Å²) in [6.45, 7) is 3.51. The van der Waals surface area contributed by atoms with Crippen LogP contribution in [-0.4, -0.2) is 30.9 Å². The predicted octanol–water partition coefficient (Wildman–Crippen LogP) is 2.83. The lowest BCUT2D eigenvalue weighted by Crippen LogP contribution is -2.45. The standard InChI is InChI=1S/C13H16BrClFNO2/c1-13(18,6-8-7-19-5-4-17-8)9-2-3-10(14)11(15)12(9)16/h2-3,8,17-18H,4-7H2,1H3. The minimum atomic E-state index is -1.30. The average Bonchev–Trinajstić information content (AvgIpc) is 2.36. The van der Waals surface area contributed by atoms with Crippen molar-refractivity contribution in [1.82, 2.24) is 5.32 Å². The fraction of sp³-hybridized carbons (Fsp3) is 0.538. The molecule has 19 heavy (non-hydrogen) atoms. The van der Waals surface area contributed by atoms with Gasteiger partial charge in [-0.15, -0.1) is 0 Å². The van der Waals surface area contributed by atoms with Crippen molar-refractivity contribution in [2.45, 2.75) is 25.0 Å². The van der Waals surface area contributed by atoms with Crippen LogP contribution in [0.5, 0.6) is 0 Å². The maximum atomic E-state index is 14.1. The molecule has 0 radical (unpaired) electrons. The van der Waals surface area contributed by atoms with E-state index in [4.69, 9.17) is 16.3 Å². The highest BCUT2D eigenvalue weighted by Crippen LogP contribution is 2.35. The maximum Gasteiger partial charge on any atom is 0.149 e. The lowest BCUT2D eigenvalue weighted by molar-refractivity contribution is 0.00111. The Kier molecular flexibility index (Phi) is 4.84. The molecule has 0 aliphatic carbocycles. The molecule has 2 rings (SSSR count). The molecule has 1 fully saturated rings. The molecule has 106 valence electrons. The third kappa shape index (κ3) is 3.47. The zero-order valence-electron chi connectivity index (χ0n) is 10.5. The Morgan fingerprint density at radius 3 is 3.00 bits per heavy atom. The van der Waals surface area contributed by atoms with Crippen molar-refractivity contribution in [1.29, 1.82) is 0 Å². The molecule has 1 aliphatic rings. The molecule has 0 spiro atoms. The van der Waals surface area contributed by atoms with E-state index in [9.17, 15) is 9.50 Å². The van der Waals surface area contributed by atoms with Crippen molar-refractivity contribution in [2.24, 2.45) is 0 Å². The number of rotatable bonds is 3. The summed E-state index contributed by atoms with van der Waals surface area (Å²) in [4.78, 5) is 0. The molecular weight excluding hydrogens is 337 g/mol. The molecule has 0 saturated carbocycles. The average molecular weight is 353 g/mol. The third-order valence-electron chi connectivity index (χ3n) is 3.26. The summed E-state index contributed by atoms with van der Waals surface area (Å²) in [5, 5.41) is 13.8. The second-order valence-electron chi connectivity index (χ2n) is 4.93. The highest BCUT2D eigenvalue weighted by Gasteiger charge is 2.32. The van der Waals surface area contributed by atoms with Crippen molar-refractivity contribution in [3.8, 4) is 0 Å². The molecule has 1 aromatic carbocycles. The van der Waals surface area contributed by atoms with Gasteiger partial charge in [-0.25, -0.2) is 4.39 Å². The number of hydrogen-bond donors (Lipinski definition) is 2. The second kappa shape index (κ2) is 6.06. The van der Waals surface area contributed by atoms with Crippen molar-refractivity contribution >= 4 is 27.5 Å². The second-order valence-corrected chi connectivity index (χ2v) is 6.16. The van der Waals surface area contributed by atoms with Gasteiger partial charge in [0.25, 0.3) is 0 Å². The minimum absolute atomic E-state index is 0.00516. The summed E-state index contributed by atoms with van der Waals surface area (Å²) in [6, 6.07) is 3.19. The van der Waals surface area contributed by atoms with Gasteiger partial charge in [-0.1, -0.05) is 17.7 Å². The van der Waals surface area contributed by atoms with E-state index in [1.165, 1.54) is 0 Å². The molecule has 0 amide bonds. The Hall–Kier alpha value is -0.200. The first-order valence-electron chi connectivity index (χ1n) is 6.09. The van der Waals surface area contributed by atoms with Gasteiger partial charge >= 0.3 is 0 Å². The Labute approximate surface area is 125 Å². The molecule has 0 bridgehead atoms. The first-order chi connectivity index (χ1) is 8.92. The van der Waals surface area contributed by atoms with E-state index in [2.05, 4.69) is 21.2 Å². The van der Waals surface area contributed by atoms with Gasteiger partial charge < -0.3 is 15.2 Å². The third-order valence-corrected chi connectivity index (χ3v) is 4.52. The molecule has 1 aromatic rings. The van der Waals surface area contributed by atoms with Crippen LogP contribution in [0.1, 0.15) is 18.9 Å². The van der Waals surface area contributed by atoms with Crippen LogP contribution in [-0.2, 0) is 10.3 Å². The van der Waals surface area contributed by atoms with E-state index in [-0.39, 0.29) is 16.6 Å². The number of aliphatic hydroxyl groups is 1. The van der Waals surface area contributed by atoms with E-state index in [1.807, 2.05) is 0 Å². The minimum Gasteiger partial charge on any atom is -0.385 e. The molecule has 2 N–H and O–H groups in total. The smallest absolute Gasteiger partial charge is 0.149 e. The summed E-state index contributed by atoms with van der Waals surface area (Å²) in [6.07, 6.45) is 0.363. The van der Waals surface area contributed by atoms with Crippen LogP contribution in [0.15, 0.2) is 16.6 Å². The van der Waals surface area contributed by atoms with E-state index in [0.717, 1.165) is 6.54 Å². The summed E-state index contributed by atoms with van der Waals surface area (Å²) in [5.74, 6) is -0.585. The van der Waals surface area contributed by atoms with Crippen molar-refractivity contribution in [3.63, 3.8) is 0 Å². The topological polar surface area (TPSA) is 41.5 Å². The first-order valence-corrected chi connectivity index (χ1v) is 7.26. The number of halogens is 3. The molecule has 2 unspecified atom stereocenters.